The molecule has 0 spiro atoms. The van der Waals surface area contributed by atoms with Crippen LogP contribution in [-0.2, 0) is 0 Å². The van der Waals surface area contributed by atoms with E-state index in [1.54, 1.807) is 0 Å². The van der Waals surface area contributed by atoms with Crippen LogP contribution in [0.1, 0.15) is 22.7 Å². The Balaban J connectivity index is 2.40. The maximum Gasteiger partial charge on any atom is 0.0725 e. The van der Waals surface area contributed by atoms with Crippen LogP contribution in [0.25, 0.3) is 0 Å². The zero-order valence-electron chi connectivity index (χ0n) is 9.52. The monoisotopic (exact) mass is 339 g/mol. The van der Waals surface area contributed by atoms with Gasteiger partial charge in [0.2, 0.25) is 0 Å². The highest BCUT2D eigenvalue weighted by atomic mass is 127. The zero-order chi connectivity index (χ0) is 12.3. The van der Waals surface area contributed by atoms with Gasteiger partial charge in [0.25, 0.3) is 0 Å². The first kappa shape index (κ1) is 12.5. The number of benzene rings is 1. The number of pyridine rings is 1. The molecule has 0 bridgehead atoms. The number of halogens is 1. The molecule has 1 aromatic heterocycles. The third-order valence-electron chi connectivity index (χ3n) is 2.58. The molecular weight excluding hydrogens is 325 g/mol. The highest BCUT2D eigenvalue weighted by Crippen LogP contribution is 2.22. The summed E-state index contributed by atoms with van der Waals surface area (Å²) in [6.07, 6.45) is 3.68. The Labute approximate surface area is 115 Å². The van der Waals surface area contributed by atoms with Gasteiger partial charge in [-0.3, -0.25) is 10.8 Å². The quantitative estimate of drug-likeness (QED) is 0.513. The van der Waals surface area contributed by atoms with E-state index in [-0.39, 0.29) is 6.04 Å². The van der Waals surface area contributed by atoms with Gasteiger partial charge in [0, 0.05) is 16.0 Å². The Morgan fingerprint density at radius 1 is 1.24 bits per heavy atom. The highest BCUT2D eigenvalue weighted by molar-refractivity contribution is 14.1. The molecule has 0 aliphatic heterocycles. The van der Waals surface area contributed by atoms with Crippen LogP contribution in [0.2, 0.25) is 0 Å². The molecule has 0 fully saturated rings. The summed E-state index contributed by atoms with van der Waals surface area (Å²) < 4.78 is 1.20. The van der Waals surface area contributed by atoms with Crippen molar-refractivity contribution in [1.82, 2.24) is 10.4 Å². The fraction of sp³-hybridized carbons (Fsp3) is 0.154. The molecule has 0 saturated heterocycles. The van der Waals surface area contributed by atoms with Gasteiger partial charge >= 0.3 is 0 Å². The summed E-state index contributed by atoms with van der Waals surface area (Å²) >= 11 is 2.30. The van der Waals surface area contributed by atoms with Gasteiger partial charge in [0.05, 0.1) is 6.04 Å². The molecule has 0 saturated carbocycles. The Kier molecular flexibility index (Phi) is 4.09. The summed E-state index contributed by atoms with van der Waals surface area (Å²) in [5.41, 5.74) is 6.20. The molecule has 1 heterocycles. The third-order valence-corrected chi connectivity index (χ3v) is 3.25. The molecule has 4 heteroatoms. The maximum atomic E-state index is 5.66. The van der Waals surface area contributed by atoms with Gasteiger partial charge in [-0.1, -0.05) is 18.2 Å². The first-order valence-electron chi connectivity index (χ1n) is 5.34. The number of hydrazine groups is 1. The van der Waals surface area contributed by atoms with Crippen molar-refractivity contribution in [1.29, 1.82) is 0 Å². The number of nitrogens with one attached hydrogen (secondary N) is 1. The molecule has 17 heavy (non-hydrogen) atoms. The number of aryl methyl sites for hydroxylation is 1. The molecule has 3 N–H and O–H groups in total. The van der Waals surface area contributed by atoms with E-state index in [2.05, 4.69) is 57.3 Å². The second-order valence-corrected chi connectivity index (χ2v) is 5.20. The van der Waals surface area contributed by atoms with Gasteiger partial charge < -0.3 is 0 Å². The number of nitrogens with zero attached hydrogens (tertiary/aromatic N) is 1. The van der Waals surface area contributed by atoms with Crippen LogP contribution in [0.3, 0.4) is 0 Å². The van der Waals surface area contributed by atoms with Gasteiger partial charge in [-0.05, 0) is 58.3 Å². The fourth-order valence-corrected chi connectivity index (χ4v) is 2.37. The molecule has 88 valence electrons. The fourth-order valence-electron chi connectivity index (χ4n) is 1.81. The van der Waals surface area contributed by atoms with Crippen LogP contribution < -0.4 is 11.3 Å². The van der Waals surface area contributed by atoms with E-state index in [0.717, 1.165) is 16.7 Å². The van der Waals surface area contributed by atoms with Crippen LogP contribution in [0, 0.1) is 10.5 Å². The maximum absolute atomic E-state index is 5.66. The predicted octanol–water partition coefficient (Wildman–Crippen LogP) is 2.55. The first-order chi connectivity index (χ1) is 8.20. The van der Waals surface area contributed by atoms with Crippen molar-refractivity contribution in [3.63, 3.8) is 0 Å². The van der Waals surface area contributed by atoms with E-state index in [0.29, 0.717) is 0 Å². The summed E-state index contributed by atoms with van der Waals surface area (Å²) in [4.78, 5) is 4.20. The summed E-state index contributed by atoms with van der Waals surface area (Å²) in [5, 5.41) is 0. The van der Waals surface area contributed by atoms with Crippen molar-refractivity contribution in [3.8, 4) is 0 Å². The second kappa shape index (κ2) is 5.57. The van der Waals surface area contributed by atoms with E-state index in [1.807, 2.05) is 25.4 Å². The van der Waals surface area contributed by atoms with E-state index in [4.69, 9.17) is 5.84 Å². The summed E-state index contributed by atoms with van der Waals surface area (Å²) in [5.74, 6) is 5.66. The molecule has 0 radical (unpaired) electrons. The van der Waals surface area contributed by atoms with Crippen LogP contribution in [-0.4, -0.2) is 4.98 Å². The second-order valence-electron chi connectivity index (χ2n) is 3.95. The van der Waals surface area contributed by atoms with Crippen LogP contribution in [0.15, 0.2) is 42.7 Å². The average Bonchev–Trinajstić information content (AvgIpc) is 2.30. The van der Waals surface area contributed by atoms with E-state index < -0.39 is 0 Å². The largest absolute Gasteiger partial charge is 0.271 e. The summed E-state index contributed by atoms with van der Waals surface area (Å²) in [6, 6.07) is 10.4. The Bertz CT molecular complexity index is 468. The van der Waals surface area contributed by atoms with Crippen molar-refractivity contribution in [2.75, 3.05) is 0 Å². The summed E-state index contributed by atoms with van der Waals surface area (Å²) in [7, 11) is 0. The van der Waals surface area contributed by atoms with Crippen molar-refractivity contribution in [2.45, 2.75) is 13.0 Å². The Hall–Kier alpha value is -0.980. The van der Waals surface area contributed by atoms with Gasteiger partial charge in [0.15, 0.2) is 0 Å². The SMILES string of the molecule is Cc1cncc(C(NN)c2cccc(I)c2)c1. The number of aromatic nitrogens is 1. The van der Waals surface area contributed by atoms with E-state index in [9.17, 15) is 0 Å². The molecule has 0 aliphatic carbocycles. The van der Waals surface area contributed by atoms with Crippen LogP contribution >= 0.6 is 22.6 Å². The zero-order valence-corrected chi connectivity index (χ0v) is 11.7. The first-order valence-corrected chi connectivity index (χ1v) is 6.41. The van der Waals surface area contributed by atoms with E-state index in [1.165, 1.54) is 3.57 Å². The molecule has 3 nitrogen and oxygen atoms in total. The molecule has 1 aromatic carbocycles. The molecule has 0 aliphatic rings. The minimum Gasteiger partial charge on any atom is -0.271 e. The topological polar surface area (TPSA) is 50.9 Å². The number of hydrogen-bond donors (Lipinski definition) is 2. The van der Waals surface area contributed by atoms with Gasteiger partial charge in [-0.2, -0.15) is 0 Å². The average molecular weight is 339 g/mol. The minimum absolute atomic E-state index is 0.0166. The molecule has 2 aromatic rings. The predicted molar refractivity (Wildman–Crippen MR) is 77.3 cm³/mol. The van der Waals surface area contributed by atoms with Crippen molar-refractivity contribution in [3.05, 3.63) is 63.0 Å². The molecule has 0 amide bonds. The van der Waals surface area contributed by atoms with Crippen LogP contribution in [0.4, 0.5) is 0 Å². The van der Waals surface area contributed by atoms with E-state index >= 15 is 0 Å². The molecular formula is C13H14IN3. The minimum atomic E-state index is -0.0166. The van der Waals surface area contributed by atoms with Crippen molar-refractivity contribution < 1.29 is 0 Å². The Morgan fingerprint density at radius 3 is 2.71 bits per heavy atom. The molecule has 2 rings (SSSR count). The number of rotatable bonds is 3. The number of hydrogen-bond acceptors (Lipinski definition) is 3. The standard InChI is InChI=1S/C13H14IN3/c1-9-5-11(8-16-7-9)13(17-15)10-3-2-4-12(14)6-10/h2-8,13,17H,15H2,1H3. The van der Waals surface area contributed by atoms with Crippen LogP contribution in [0.5, 0.6) is 0 Å². The molecule has 1 unspecified atom stereocenters. The lowest BCUT2D eigenvalue weighted by molar-refractivity contribution is 0.634. The summed E-state index contributed by atoms with van der Waals surface area (Å²) in [6.45, 7) is 2.03. The Morgan fingerprint density at radius 2 is 2.06 bits per heavy atom. The smallest absolute Gasteiger partial charge is 0.0725 e. The van der Waals surface area contributed by atoms with Gasteiger partial charge in [-0.15, -0.1) is 0 Å². The number of nitrogens with two attached hydrogens (primary N) is 1. The molecule has 1 atom stereocenters. The van der Waals surface area contributed by atoms with Crippen molar-refractivity contribution >= 4 is 22.6 Å². The lowest BCUT2D eigenvalue weighted by atomic mass is 10.00. The normalized spacial score (nSPS) is 12.4. The van der Waals surface area contributed by atoms with Crippen molar-refractivity contribution in [2.24, 2.45) is 5.84 Å². The van der Waals surface area contributed by atoms with Gasteiger partial charge in [0.1, 0.15) is 0 Å². The lowest BCUT2D eigenvalue weighted by Crippen LogP contribution is -2.29. The van der Waals surface area contributed by atoms with Gasteiger partial charge in [-0.25, -0.2) is 5.43 Å². The highest BCUT2D eigenvalue weighted by Gasteiger charge is 2.12. The third kappa shape index (κ3) is 3.02. The lowest BCUT2D eigenvalue weighted by Gasteiger charge is -2.17.